The van der Waals surface area contributed by atoms with Gasteiger partial charge in [-0.2, -0.15) is 0 Å². The van der Waals surface area contributed by atoms with E-state index in [9.17, 15) is 0 Å². The fourth-order valence-electron chi connectivity index (χ4n) is 3.62. The number of hydrogen-bond acceptors (Lipinski definition) is 5. The van der Waals surface area contributed by atoms with Gasteiger partial charge in [-0.1, -0.05) is 91.0 Å². The van der Waals surface area contributed by atoms with Gasteiger partial charge < -0.3 is 23.7 Å². The van der Waals surface area contributed by atoms with Crippen molar-refractivity contribution in [2.24, 2.45) is 0 Å². The fourth-order valence-corrected chi connectivity index (χ4v) is 3.62. The topological polar surface area (TPSA) is 46.2 Å². The molecule has 0 aliphatic carbocycles. The molecule has 0 fully saturated rings. The van der Waals surface area contributed by atoms with Crippen LogP contribution in [-0.4, -0.2) is 32.2 Å². The van der Waals surface area contributed by atoms with Crippen LogP contribution in [0.4, 0.5) is 0 Å². The minimum atomic E-state index is -0.602. The summed E-state index contributed by atoms with van der Waals surface area (Å²) in [7, 11) is 1.62. The summed E-state index contributed by atoms with van der Waals surface area (Å²) in [5.41, 5.74) is 3.27. The maximum Gasteiger partial charge on any atom is 0.191 e. The molecular weight excluding hydrogens is 416 g/mol. The van der Waals surface area contributed by atoms with Gasteiger partial charge in [0.2, 0.25) is 0 Å². The SMILES string of the molecule is CO[C@H]1O[C@H](COCc2ccccc2)C=C(OCc2ccccc2)[C@@H]1OCc1ccccc1. The van der Waals surface area contributed by atoms with Crippen molar-refractivity contribution in [3.63, 3.8) is 0 Å². The first kappa shape index (κ1) is 23.2. The van der Waals surface area contributed by atoms with Gasteiger partial charge in [0.15, 0.2) is 12.4 Å². The summed E-state index contributed by atoms with van der Waals surface area (Å²) in [6.07, 6.45) is 0.555. The molecule has 0 saturated heterocycles. The zero-order chi connectivity index (χ0) is 22.7. The lowest BCUT2D eigenvalue weighted by molar-refractivity contribution is -0.227. The van der Waals surface area contributed by atoms with E-state index >= 15 is 0 Å². The van der Waals surface area contributed by atoms with E-state index in [1.165, 1.54) is 0 Å². The predicted molar refractivity (Wildman–Crippen MR) is 126 cm³/mol. The maximum atomic E-state index is 6.22. The molecule has 0 amide bonds. The first-order chi connectivity index (χ1) is 16.3. The molecule has 0 spiro atoms. The molecule has 0 radical (unpaired) electrons. The summed E-state index contributed by atoms with van der Waals surface area (Å²) in [6.45, 7) is 1.76. The Labute approximate surface area is 195 Å². The first-order valence-electron chi connectivity index (χ1n) is 11.2. The third-order valence-electron chi connectivity index (χ3n) is 5.33. The zero-order valence-electron chi connectivity index (χ0n) is 18.8. The van der Waals surface area contributed by atoms with Gasteiger partial charge in [0.25, 0.3) is 0 Å². The van der Waals surface area contributed by atoms with Gasteiger partial charge in [-0.25, -0.2) is 0 Å². The molecule has 1 aliphatic heterocycles. The number of rotatable bonds is 11. The highest BCUT2D eigenvalue weighted by molar-refractivity contribution is 5.17. The Kier molecular flexibility index (Phi) is 8.67. The highest BCUT2D eigenvalue weighted by Gasteiger charge is 2.35. The molecule has 0 N–H and O–H groups in total. The van der Waals surface area contributed by atoms with Crippen molar-refractivity contribution in [1.82, 2.24) is 0 Å². The van der Waals surface area contributed by atoms with Gasteiger partial charge in [0.05, 0.1) is 19.8 Å². The Morgan fingerprint density at radius 3 is 1.82 bits per heavy atom. The smallest absolute Gasteiger partial charge is 0.191 e. The van der Waals surface area contributed by atoms with Crippen LogP contribution in [0.2, 0.25) is 0 Å². The standard InChI is InChI=1S/C28H30O5/c1-29-28-27(32-20-24-15-9-4-10-16-24)26(31-19-23-13-7-3-8-14-23)17-25(33-28)21-30-18-22-11-5-2-6-12-22/h2-17,25,27-28H,18-21H2,1H3/t25-,27-,28-/m0/s1. The monoisotopic (exact) mass is 446 g/mol. The normalized spacial score (nSPS) is 20.3. The summed E-state index contributed by atoms with van der Waals surface area (Å²) in [5.74, 6) is 0.696. The van der Waals surface area contributed by atoms with E-state index in [-0.39, 0.29) is 6.10 Å². The second kappa shape index (κ2) is 12.3. The van der Waals surface area contributed by atoms with Crippen LogP contribution in [0.5, 0.6) is 0 Å². The van der Waals surface area contributed by atoms with Crippen LogP contribution >= 0.6 is 0 Å². The van der Waals surface area contributed by atoms with Crippen LogP contribution in [0.3, 0.4) is 0 Å². The summed E-state index contributed by atoms with van der Waals surface area (Å²) in [5, 5.41) is 0. The van der Waals surface area contributed by atoms with Crippen LogP contribution in [0, 0.1) is 0 Å². The van der Waals surface area contributed by atoms with Crippen molar-refractivity contribution < 1.29 is 23.7 Å². The molecule has 3 atom stereocenters. The first-order valence-corrected chi connectivity index (χ1v) is 11.2. The third kappa shape index (κ3) is 7.01. The molecule has 33 heavy (non-hydrogen) atoms. The Balaban J connectivity index is 1.44. The second-order valence-corrected chi connectivity index (χ2v) is 7.84. The van der Waals surface area contributed by atoms with E-state index in [4.69, 9.17) is 23.7 Å². The molecule has 0 bridgehead atoms. The number of hydrogen-bond donors (Lipinski definition) is 0. The van der Waals surface area contributed by atoms with E-state index in [0.717, 1.165) is 16.7 Å². The average Bonchev–Trinajstić information content (AvgIpc) is 2.88. The summed E-state index contributed by atoms with van der Waals surface area (Å²) in [6, 6.07) is 30.2. The molecule has 3 aromatic carbocycles. The molecule has 5 nitrogen and oxygen atoms in total. The lowest BCUT2D eigenvalue weighted by Gasteiger charge is -2.35. The van der Waals surface area contributed by atoms with Crippen LogP contribution in [-0.2, 0) is 43.5 Å². The number of benzene rings is 3. The highest BCUT2D eigenvalue weighted by Crippen LogP contribution is 2.26. The van der Waals surface area contributed by atoms with Gasteiger partial charge >= 0.3 is 0 Å². The molecule has 4 rings (SSSR count). The lowest BCUT2D eigenvalue weighted by Crippen LogP contribution is -2.43. The number of ether oxygens (including phenoxy) is 5. The average molecular weight is 447 g/mol. The lowest BCUT2D eigenvalue weighted by atomic mass is 10.1. The molecule has 0 aromatic heterocycles. The second-order valence-electron chi connectivity index (χ2n) is 7.84. The highest BCUT2D eigenvalue weighted by atomic mass is 16.7. The van der Waals surface area contributed by atoms with Gasteiger partial charge in [-0.15, -0.1) is 0 Å². The fraction of sp³-hybridized carbons (Fsp3) is 0.286. The van der Waals surface area contributed by atoms with E-state index in [1.54, 1.807) is 7.11 Å². The molecule has 0 saturated carbocycles. The molecule has 1 heterocycles. The van der Waals surface area contributed by atoms with Crippen LogP contribution in [0.25, 0.3) is 0 Å². The van der Waals surface area contributed by atoms with E-state index in [0.29, 0.717) is 32.2 Å². The van der Waals surface area contributed by atoms with Crippen molar-refractivity contribution >= 4 is 0 Å². The quantitative estimate of drug-likeness (QED) is 0.402. The van der Waals surface area contributed by atoms with Gasteiger partial charge in [0.1, 0.15) is 18.5 Å². The number of methoxy groups -OCH3 is 1. The summed E-state index contributed by atoms with van der Waals surface area (Å²) >= 11 is 0. The molecule has 3 aromatic rings. The summed E-state index contributed by atoms with van der Waals surface area (Å²) < 4.78 is 30.1. The molecule has 0 unspecified atom stereocenters. The molecule has 5 heteroatoms. The van der Waals surface area contributed by atoms with Crippen molar-refractivity contribution in [2.45, 2.75) is 38.3 Å². The van der Waals surface area contributed by atoms with Gasteiger partial charge in [-0.3, -0.25) is 0 Å². The van der Waals surface area contributed by atoms with E-state index in [1.807, 2.05) is 97.1 Å². The van der Waals surface area contributed by atoms with Gasteiger partial charge in [-0.05, 0) is 22.8 Å². The third-order valence-corrected chi connectivity index (χ3v) is 5.33. The van der Waals surface area contributed by atoms with Crippen molar-refractivity contribution in [3.05, 3.63) is 120 Å². The van der Waals surface area contributed by atoms with Crippen molar-refractivity contribution in [3.8, 4) is 0 Å². The zero-order valence-corrected chi connectivity index (χ0v) is 18.8. The van der Waals surface area contributed by atoms with E-state index in [2.05, 4.69) is 0 Å². The molecule has 172 valence electrons. The minimum absolute atomic E-state index is 0.305. The van der Waals surface area contributed by atoms with Gasteiger partial charge in [0, 0.05) is 7.11 Å². The van der Waals surface area contributed by atoms with Crippen LogP contribution < -0.4 is 0 Å². The van der Waals surface area contributed by atoms with E-state index < -0.39 is 12.4 Å². The minimum Gasteiger partial charge on any atom is -0.491 e. The van der Waals surface area contributed by atoms with Crippen LogP contribution in [0.15, 0.2) is 103 Å². The summed E-state index contributed by atoms with van der Waals surface area (Å²) in [4.78, 5) is 0. The van der Waals surface area contributed by atoms with Crippen LogP contribution in [0.1, 0.15) is 16.7 Å². The maximum absolute atomic E-state index is 6.22. The molecular formula is C28H30O5. The Morgan fingerprint density at radius 1 is 0.697 bits per heavy atom. The van der Waals surface area contributed by atoms with Crippen molar-refractivity contribution in [2.75, 3.05) is 13.7 Å². The Hall–Kier alpha value is -2.96. The Bertz CT molecular complexity index is 975. The molecule has 1 aliphatic rings. The van der Waals surface area contributed by atoms with Crippen molar-refractivity contribution in [1.29, 1.82) is 0 Å². The largest absolute Gasteiger partial charge is 0.491 e. The predicted octanol–water partition coefficient (Wildman–Crippen LogP) is 5.26. The Morgan fingerprint density at radius 2 is 1.24 bits per heavy atom.